The lowest BCUT2D eigenvalue weighted by atomic mass is 10.0. The maximum Gasteiger partial charge on any atom is 0.416 e. The fraction of sp³-hybridized carbons (Fsp3) is 0.440. The summed E-state index contributed by atoms with van der Waals surface area (Å²) in [4.78, 5) is 43.6. The van der Waals surface area contributed by atoms with Gasteiger partial charge in [0.15, 0.2) is 0 Å². The number of pyridine rings is 1. The van der Waals surface area contributed by atoms with E-state index >= 15 is 0 Å². The summed E-state index contributed by atoms with van der Waals surface area (Å²) in [5, 5.41) is 0. The second-order valence-corrected chi connectivity index (χ2v) is 9.52. The Kier molecular flexibility index (Phi) is 8.09. The summed E-state index contributed by atoms with van der Waals surface area (Å²) >= 11 is 0. The van der Waals surface area contributed by atoms with Crippen molar-refractivity contribution in [3.63, 3.8) is 0 Å². The molecule has 0 aliphatic carbocycles. The Morgan fingerprint density at radius 3 is 2.38 bits per heavy atom. The monoisotopic (exact) mass is 525 g/mol. The summed E-state index contributed by atoms with van der Waals surface area (Å²) in [5.74, 6) is -0.758. The fourth-order valence-electron chi connectivity index (χ4n) is 3.92. The number of benzene rings is 1. The van der Waals surface area contributed by atoms with Crippen molar-refractivity contribution in [2.45, 2.75) is 57.9 Å². The van der Waals surface area contributed by atoms with Crippen molar-refractivity contribution in [1.82, 2.24) is 14.8 Å². The zero-order valence-corrected chi connectivity index (χ0v) is 20.7. The van der Waals surface area contributed by atoms with Crippen LogP contribution in [0.2, 0.25) is 0 Å². The number of hydrogen-bond donors (Lipinski definition) is 0. The highest BCUT2D eigenvalue weighted by molar-refractivity contribution is 5.91. The van der Waals surface area contributed by atoms with Crippen LogP contribution in [-0.4, -0.2) is 64.8 Å². The maximum atomic E-state index is 14.4. The Morgan fingerprint density at radius 1 is 1.19 bits per heavy atom. The third kappa shape index (κ3) is 6.75. The van der Waals surface area contributed by atoms with E-state index in [2.05, 4.69) is 4.98 Å². The first kappa shape index (κ1) is 27.9. The van der Waals surface area contributed by atoms with Gasteiger partial charge in [0.25, 0.3) is 0 Å². The van der Waals surface area contributed by atoms with Crippen LogP contribution in [0.15, 0.2) is 36.5 Å². The number of amides is 2. The minimum atomic E-state index is -4.51. The summed E-state index contributed by atoms with van der Waals surface area (Å²) in [6, 6.07) is 5.71. The van der Waals surface area contributed by atoms with Crippen LogP contribution in [-0.2, 0) is 27.0 Å². The van der Waals surface area contributed by atoms with E-state index in [-0.39, 0.29) is 36.3 Å². The molecule has 1 aliphatic rings. The highest BCUT2D eigenvalue weighted by Gasteiger charge is 2.41. The van der Waals surface area contributed by atoms with E-state index in [0.717, 1.165) is 29.0 Å². The average Bonchev–Trinajstić information content (AvgIpc) is 3.22. The van der Waals surface area contributed by atoms with Crippen LogP contribution in [0.5, 0.6) is 0 Å². The first-order chi connectivity index (χ1) is 17.2. The van der Waals surface area contributed by atoms with Gasteiger partial charge in [0, 0.05) is 24.7 Å². The minimum Gasteiger partial charge on any atom is -0.465 e. The van der Waals surface area contributed by atoms with Gasteiger partial charge in [-0.15, -0.1) is 0 Å². The molecule has 37 heavy (non-hydrogen) atoms. The first-order valence-electron chi connectivity index (χ1n) is 11.3. The number of alkyl halides is 4. The molecule has 2 unspecified atom stereocenters. The maximum absolute atomic E-state index is 14.4. The zero-order chi connectivity index (χ0) is 27.5. The molecular weight excluding hydrogens is 498 g/mol. The van der Waals surface area contributed by atoms with Gasteiger partial charge >= 0.3 is 18.2 Å². The summed E-state index contributed by atoms with van der Waals surface area (Å²) in [6.45, 7) is 4.45. The van der Waals surface area contributed by atoms with Gasteiger partial charge < -0.3 is 14.4 Å². The summed E-state index contributed by atoms with van der Waals surface area (Å²) < 4.78 is 63.3. The normalized spacial score (nSPS) is 17.9. The number of carbonyl (C=O) groups excluding carboxylic acids is 3. The van der Waals surface area contributed by atoms with E-state index in [4.69, 9.17) is 9.47 Å². The number of ether oxygens (including phenoxy) is 2. The van der Waals surface area contributed by atoms with Gasteiger partial charge in [-0.3, -0.25) is 14.7 Å². The van der Waals surface area contributed by atoms with Crippen molar-refractivity contribution in [2.24, 2.45) is 0 Å². The largest absolute Gasteiger partial charge is 0.465 e. The molecule has 2 amide bonds. The number of likely N-dealkylation sites (tertiary alicyclic amines) is 1. The quantitative estimate of drug-likeness (QED) is 0.305. The molecule has 2 heterocycles. The lowest BCUT2D eigenvalue weighted by Gasteiger charge is -2.33. The van der Waals surface area contributed by atoms with E-state index in [1.807, 2.05) is 0 Å². The average molecular weight is 525 g/mol. The number of aromatic nitrogens is 1. The van der Waals surface area contributed by atoms with Gasteiger partial charge in [0.1, 0.15) is 17.9 Å². The first-order valence-corrected chi connectivity index (χ1v) is 11.3. The molecule has 3 rings (SSSR count). The molecule has 2 aromatic rings. The van der Waals surface area contributed by atoms with Crippen LogP contribution in [0.4, 0.5) is 22.4 Å². The highest BCUT2D eigenvalue weighted by Crippen LogP contribution is 2.32. The van der Waals surface area contributed by atoms with E-state index in [1.54, 1.807) is 20.8 Å². The van der Waals surface area contributed by atoms with E-state index < -0.39 is 41.7 Å². The van der Waals surface area contributed by atoms with Crippen molar-refractivity contribution >= 4 is 18.5 Å². The van der Waals surface area contributed by atoms with Crippen molar-refractivity contribution in [1.29, 1.82) is 0 Å². The Balaban J connectivity index is 1.95. The molecule has 1 fully saturated rings. The van der Waals surface area contributed by atoms with Crippen molar-refractivity contribution in [2.75, 3.05) is 13.7 Å². The number of methoxy groups -OCH3 is 1. The molecule has 1 aromatic carbocycles. The van der Waals surface area contributed by atoms with E-state index in [1.165, 1.54) is 24.4 Å². The second-order valence-electron chi connectivity index (χ2n) is 9.52. The molecular formula is C25H27F4N3O5. The smallest absolute Gasteiger partial charge is 0.416 e. The summed E-state index contributed by atoms with van der Waals surface area (Å²) in [7, 11) is 1.16. The summed E-state index contributed by atoms with van der Waals surface area (Å²) in [5.41, 5.74) is -0.857. The molecule has 0 bridgehead atoms. The lowest BCUT2D eigenvalue weighted by Crippen LogP contribution is -2.48. The van der Waals surface area contributed by atoms with Gasteiger partial charge in [0.05, 0.1) is 30.5 Å². The van der Waals surface area contributed by atoms with Gasteiger partial charge in [0.2, 0.25) is 6.41 Å². The molecule has 0 spiro atoms. The number of carbonyl (C=O) groups is 3. The predicted octanol–water partition coefficient (Wildman–Crippen LogP) is 4.82. The molecule has 1 aromatic heterocycles. The van der Waals surface area contributed by atoms with Crippen LogP contribution >= 0.6 is 0 Å². The fourth-order valence-corrected chi connectivity index (χ4v) is 3.92. The molecule has 8 nitrogen and oxygen atoms in total. The molecule has 200 valence electrons. The standard InChI is InChI=1S/C25H27F4N3O5/c1-24(2,3)37-23(35)32-13-18(26)10-21(32)31(14-33)12-16-9-20(30-11-19(16)22(34)36-4)15-5-7-17(8-6-15)25(27,28)29/h5-9,11,14,18,21H,10,12-13H2,1-4H3. The molecule has 12 heteroatoms. The number of rotatable bonds is 6. The Hall–Kier alpha value is -3.70. The number of nitrogens with zero attached hydrogens (tertiary/aromatic N) is 3. The van der Waals surface area contributed by atoms with Crippen molar-refractivity contribution in [3.8, 4) is 11.3 Å². The van der Waals surface area contributed by atoms with E-state index in [9.17, 15) is 31.9 Å². The zero-order valence-electron chi connectivity index (χ0n) is 20.7. The lowest BCUT2D eigenvalue weighted by molar-refractivity contribution is -0.137. The number of hydrogen-bond acceptors (Lipinski definition) is 6. The van der Waals surface area contributed by atoms with E-state index in [0.29, 0.717) is 12.0 Å². The van der Waals surface area contributed by atoms with Crippen LogP contribution in [0.1, 0.15) is 48.7 Å². The van der Waals surface area contributed by atoms with Crippen LogP contribution in [0.3, 0.4) is 0 Å². The molecule has 0 N–H and O–H groups in total. The summed E-state index contributed by atoms with van der Waals surface area (Å²) in [6.07, 6.45) is -6.24. The second kappa shape index (κ2) is 10.7. The van der Waals surface area contributed by atoms with Crippen LogP contribution < -0.4 is 0 Å². The third-order valence-electron chi connectivity index (χ3n) is 5.62. The number of halogens is 4. The van der Waals surface area contributed by atoms with Crippen molar-refractivity contribution < 1.29 is 41.4 Å². The molecule has 2 atom stereocenters. The SMILES string of the molecule is COC(=O)c1cnc(-c2ccc(C(F)(F)F)cc2)cc1CN(C=O)C1CC(F)CN1C(=O)OC(C)(C)C. The van der Waals surface area contributed by atoms with Crippen molar-refractivity contribution in [3.05, 3.63) is 53.2 Å². The molecule has 1 saturated heterocycles. The van der Waals surface area contributed by atoms with Crippen LogP contribution in [0, 0.1) is 0 Å². The van der Waals surface area contributed by atoms with Gasteiger partial charge in [-0.25, -0.2) is 14.0 Å². The van der Waals surface area contributed by atoms with Gasteiger partial charge in [-0.1, -0.05) is 12.1 Å². The Morgan fingerprint density at radius 2 is 1.84 bits per heavy atom. The third-order valence-corrected chi connectivity index (χ3v) is 5.62. The molecule has 0 saturated carbocycles. The topological polar surface area (TPSA) is 89.0 Å². The number of esters is 1. The van der Waals surface area contributed by atoms with Gasteiger partial charge in [-0.2, -0.15) is 13.2 Å². The van der Waals surface area contributed by atoms with Crippen LogP contribution in [0.25, 0.3) is 11.3 Å². The highest BCUT2D eigenvalue weighted by atomic mass is 19.4. The Bertz CT molecular complexity index is 1150. The Labute approximate surface area is 211 Å². The minimum absolute atomic E-state index is 0.00336. The molecule has 1 aliphatic heterocycles. The predicted molar refractivity (Wildman–Crippen MR) is 124 cm³/mol. The molecule has 0 radical (unpaired) electrons. The van der Waals surface area contributed by atoms with Gasteiger partial charge in [-0.05, 0) is 44.5 Å².